The number of hydrogen-bond acceptors (Lipinski definition) is 6. The molecule has 3 heterocycles. The lowest BCUT2D eigenvalue weighted by atomic mass is 9.85. The maximum Gasteiger partial charge on any atom is 0.243 e. The third-order valence-electron chi connectivity index (χ3n) is 5.31. The van der Waals surface area contributed by atoms with Crippen LogP contribution in [0.4, 0.5) is 5.95 Å². The second-order valence-corrected chi connectivity index (χ2v) is 6.89. The number of amides is 1. The van der Waals surface area contributed by atoms with Crippen molar-refractivity contribution in [1.29, 1.82) is 0 Å². The number of methoxy groups -OCH3 is 1. The largest absolute Gasteiger partial charge is 0.383 e. The van der Waals surface area contributed by atoms with E-state index in [4.69, 9.17) is 4.74 Å². The van der Waals surface area contributed by atoms with E-state index in [1.165, 1.54) is 0 Å². The van der Waals surface area contributed by atoms with Crippen LogP contribution >= 0.6 is 0 Å². The fraction of sp³-hybridized carbons (Fsp3) is 0.722. The Hall–Kier alpha value is -1.73. The van der Waals surface area contributed by atoms with Crippen molar-refractivity contribution in [3.05, 3.63) is 18.0 Å². The molecule has 1 amide bonds. The summed E-state index contributed by atoms with van der Waals surface area (Å²) in [6.45, 7) is 6.65. The van der Waals surface area contributed by atoms with E-state index in [1.54, 1.807) is 7.11 Å². The van der Waals surface area contributed by atoms with E-state index in [9.17, 15) is 4.79 Å². The minimum atomic E-state index is -0.341. The summed E-state index contributed by atoms with van der Waals surface area (Å²) < 4.78 is 5.17. The highest BCUT2D eigenvalue weighted by molar-refractivity contribution is 5.87. The standard InChI is InChI=1S/C18H29N5O2/c1-3-19-17-20-12-15(13-21-17)14-23-9-5-7-18(23)6-4-8-22(16(18)24)10-11-25-2/h12-13H,3-11,14H2,1-2H3,(H,19,20,21). The molecule has 2 fully saturated rings. The number of anilines is 1. The quantitative estimate of drug-likeness (QED) is 0.806. The number of rotatable bonds is 7. The van der Waals surface area contributed by atoms with Crippen molar-refractivity contribution in [3.8, 4) is 0 Å². The van der Waals surface area contributed by atoms with Crippen molar-refractivity contribution in [2.45, 2.75) is 44.7 Å². The molecule has 0 aliphatic carbocycles. The molecule has 0 radical (unpaired) electrons. The van der Waals surface area contributed by atoms with Crippen LogP contribution in [0, 0.1) is 0 Å². The molecule has 0 saturated carbocycles. The van der Waals surface area contributed by atoms with Crippen molar-refractivity contribution in [2.75, 3.05) is 45.2 Å². The number of likely N-dealkylation sites (tertiary alicyclic amines) is 2. The van der Waals surface area contributed by atoms with E-state index in [0.29, 0.717) is 19.1 Å². The number of piperidine rings is 1. The minimum Gasteiger partial charge on any atom is -0.383 e. The van der Waals surface area contributed by atoms with Gasteiger partial charge in [-0.2, -0.15) is 0 Å². The zero-order valence-corrected chi connectivity index (χ0v) is 15.3. The molecule has 1 aromatic rings. The Bertz CT molecular complexity index is 579. The number of carbonyl (C=O) groups is 1. The first kappa shape index (κ1) is 18.1. The number of hydrogen-bond donors (Lipinski definition) is 1. The normalized spacial score (nSPS) is 24.2. The first-order valence-corrected chi connectivity index (χ1v) is 9.28. The van der Waals surface area contributed by atoms with Crippen LogP contribution in [0.1, 0.15) is 38.2 Å². The molecular weight excluding hydrogens is 318 g/mol. The first-order chi connectivity index (χ1) is 12.2. The highest BCUT2D eigenvalue weighted by Crippen LogP contribution is 2.39. The van der Waals surface area contributed by atoms with E-state index in [0.717, 1.165) is 57.4 Å². The highest BCUT2D eigenvalue weighted by atomic mass is 16.5. The fourth-order valence-electron chi connectivity index (χ4n) is 4.08. The van der Waals surface area contributed by atoms with Gasteiger partial charge in [0.2, 0.25) is 11.9 Å². The van der Waals surface area contributed by atoms with Gasteiger partial charge in [-0.05, 0) is 39.2 Å². The van der Waals surface area contributed by atoms with Crippen LogP contribution in [0.25, 0.3) is 0 Å². The summed E-state index contributed by atoms with van der Waals surface area (Å²) in [6.07, 6.45) is 7.76. The third kappa shape index (κ3) is 3.77. The number of nitrogens with zero attached hydrogens (tertiary/aromatic N) is 4. The number of aromatic nitrogens is 2. The Morgan fingerprint density at radius 3 is 2.64 bits per heavy atom. The Labute approximate surface area is 149 Å². The van der Waals surface area contributed by atoms with Crippen LogP contribution in [0.3, 0.4) is 0 Å². The van der Waals surface area contributed by atoms with E-state index in [-0.39, 0.29) is 11.4 Å². The monoisotopic (exact) mass is 347 g/mol. The zero-order valence-electron chi connectivity index (χ0n) is 15.3. The topological polar surface area (TPSA) is 70.6 Å². The summed E-state index contributed by atoms with van der Waals surface area (Å²) in [5.74, 6) is 0.931. The van der Waals surface area contributed by atoms with E-state index < -0.39 is 0 Å². The molecule has 1 spiro atoms. The molecule has 0 aromatic carbocycles. The third-order valence-corrected chi connectivity index (χ3v) is 5.31. The molecule has 7 nitrogen and oxygen atoms in total. The van der Waals surface area contributed by atoms with Gasteiger partial charge in [-0.3, -0.25) is 9.69 Å². The summed E-state index contributed by atoms with van der Waals surface area (Å²) in [6, 6.07) is 0. The van der Waals surface area contributed by atoms with Crippen LogP contribution in [0.2, 0.25) is 0 Å². The van der Waals surface area contributed by atoms with Crippen molar-refractivity contribution >= 4 is 11.9 Å². The fourth-order valence-corrected chi connectivity index (χ4v) is 4.08. The zero-order chi connectivity index (χ0) is 17.7. The smallest absolute Gasteiger partial charge is 0.243 e. The van der Waals surface area contributed by atoms with Gasteiger partial charge in [0.25, 0.3) is 0 Å². The van der Waals surface area contributed by atoms with Crippen LogP contribution in [-0.2, 0) is 16.1 Å². The lowest BCUT2D eigenvalue weighted by molar-refractivity contribution is -0.148. The maximum absolute atomic E-state index is 13.2. The first-order valence-electron chi connectivity index (χ1n) is 9.28. The predicted octanol–water partition coefficient (Wildman–Crippen LogP) is 1.51. The minimum absolute atomic E-state index is 0.276. The summed E-state index contributed by atoms with van der Waals surface area (Å²) in [5, 5.41) is 3.11. The second kappa shape index (κ2) is 8.10. The molecule has 0 bridgehead atoms. The summed E-state index contributed by atoms with van der Waals surface area (Å²) >= 11 is 0. The van der Waals surface area contributed by atoms with Crippen LogP contribution < -0.4 is 5.32 Å². The van der Waals surface area contributed by atoms with E-state index in [2.05, 4.69) is 20.2 Å². The Morgan fingerprint density at radius 2 is 1.96 bits per heavy atom. The Morgan fingerprint density at radius 1 is 1.24 bits per heavy atom. The molecule has 2 aliphatic rings. The molecule has 138 valence electrons. The van der Waals surface area contributed by atoms with Gasteiger partial charge < -0.3 is 15.0 Å². The van der Waals surface area contributed by atoms with Crippen LogP contribution in [0.15, 0.2) is 12.4 Å². The van der Waals surface area contributed by atoms with E-state index >= 15 is 0 Å². The molecule has 2 saturated heterocycles. The Kier molecular flexibility index (Phi) is 5.86. The average Bonchev–Trinajstić information content (AvgIpc) is 3.01. The van der Waals surface area contributed by atoms with Crippen molar-refractivity contribution in [1.82, 2.24) is 19.8 Å². The molecule has 1 unspecified atom stereocenters. The molecular formula is C18H29N5O2. The lowest BCUT2D eigenvalue weighted by Gasteiger charge is -2.44. The number of carbonyl (C=O) groups excluding carboxylic acids is 1. The van der Waals surface area contributed by atoms with Crippen LogP contribution in [0.5, 0.6) is 0 Å². The molecule has 25 heavy (non-hydrogen) atoms. The molecule has 1 aromatic heterocycles. The van der Waals surface area contributed by atoms with Crippen LogP contribution in [-0.4, -0.2) is 71.1 Å². The van der Waals surface area contributed by atoms with Crippen molar-refractivity contribution in [2.24, 2.45) is 0 Å². The van der Waals surface area contributed by atoms with Gasteiger partial charge in [0.1, 0.15) is 5.54 Å². The summed E-state index contributed by atoms with van der Waals surface area (Å²) in [4.78, 5) is 26.2. The van der Waals surface area contributed by atoms with Gasteiger partial charge in [-0.1, -0.05) is 0 Å². The van der Waals surface area contributed by atoms with Crippen molar-refractivity contribution in [3.63, 3.8) is 0 Å². The van der Waals surface area contributed by atoms with Gasteiger partial charge in [-0.25, -0.2) is 9.97 Å². The van der Waals surface area contributed by atoms with Gasteiger partial charge in [-0.15, -0.1) is 0 Å². The molecule has 1 atom stereocenters. The number of ether oxygens (including phenoxy) is 1. The molecule has 1 N–H and O–H groups in total. The molecule has 7 heteroatoms. The highest BCUT2D eigenvalue weighted by Gasteiger charge is 2.50. The van der Waals surface area contributed by atoms with Crippen molar-refractivity contribution < 1.29 is 9.53 Å². The van der Waals surface area contributed by atoms with Gasteiger partial charge in [0.05, 0.1) is 6.61 Å². The molecule has 2 aliphatic heterocycles. The average molecular weight is 347 g/mol. The number of nitrogens with one attached hydrogen (secondary N) is 1. The van der Waals surface area contributed by atoms with Gasteiger partial charge in [0.15, 0.2) is 0 Å². The van der Waals surface area contributed by atoms with Gasteiger partial charge >= 0.3 is 0 Å². The lowest BCUT2D eigenvalue weighted by Crippen LogP contribution is -2.60. The SMILES string of the molecule is CCNc1ncc(CN2CCCC23CCCN(CCOC)C3=O)cn1. The predicted molar refractivity (Wildman–Crippen MR) is 96.3 cm³/mol. The molecule has 3 rings (SSSR count). The Balaban J connectivity index is 1.71. The van der Waals surface area contributed by atoms with E-state index in [1.807, 2.05) is 24.2 Å². The summed E-state index contributed by atoms with van der Waals surface area (Å²) in [7, 11) is 1.68. The van der Waals surface area contributed by atoms with Gasteiger partial charge in [0, 0.05) is 51.2 Å². The maximum atomic E-state index is 13.2. The second-order valence-electron chi connectivity index (χ2n) is 6.89. The summed E-state index contributed by atoms with van der Waals surface area (Å²) in [5.41, 5.74) is 0.719.